The summed E-state index contributed by atoms with van der Waals surface area (Å²) in [4.78, 5) is 12.4. The van der Waals surface area contributed by atoms with Crippen molar-refractivity contribution in [1.29, 1.82) is 0 Å². The number of hydrogen-bond acceptors (Lipinski definition) is 4. The summed E-state index contributed by atoms with van der Waals surface area (Å²) in [6.45, 7) is 2.08. The average molecular weight is 434 g/mol. The number of para-hydroxylation sites is 1. The van der Waals surface area contributed by atoms with Crippen LogP contribution >= 0.6 is 0 Å². The number of aryl methyl sites for hydroxylation is 1. The number of ether oxygens (including phenoxy) is 1. The van der Waals surface area contributed by atoms with Crippen LogP contribution < -0.4 is 10.1 Å². The maximum atomic E-state index is 12.4. The molecular formula is C25H23NO4S. The van der Waals surface area contributed by atoms with E-state index in [-0.39, 0.29) is 11.5 Å². The molecule has 3 aromatic carbocycles. The Labute approximate surface area is 182 Å². The Hall–Kier alpha value is -3.60. The van der Waals surface area contributed by atoms with Crippen molar-refractivity contribution in [3.63, 3.8) is 0 Å². The quantitative estimate of drug-likeness (QED) is 0.428. The zero-order chi connectivity index (χ0) is 22.1. The van der Waals surface area contributed by atoms with Crippen LogP contribution in [-0.4, -0.2) is 26.8 Å². The van der Waals surface area contributed by atoms with Crippen LogP contribution in [-0.2, 0) is 14.6 Å². The van der Waals surface area contributed by atoms with Crippen LogP contribution in [0.5, 0.6) is 5.75 Å². The maximum Gasteiger partial charge on any atom is 0.252 e. The van der Waals surface area contributed by atoms with Crippen molar-refractivity contribution in [2.75, 3.05) is 12.5 Å². The van der Waals surface area contributed by atoms with E-state index in [1.807, 2.05) is 67.6 Å². The van der Waals surface area contributed by atoms with Crippen LogP contribution in [0.3, 0.4) is 0 Å². The fraction of sp³-hybridized carbons (Fsp3) is 0.120. The molecule has 0 radical (unpaired) electrons. The molecule has 0 aromatic heterocycles. The summed E-state index contributed by atoms with van der Waals surface area (Å²) in [6, 6.07) is 25.3. The number of carbonyl (C=O) groups is 1. The van der Waals surface area contributed by atoms with Crippen LogP contribution in [0.15, 0.2) is 102 Å². The van der Waals surface area contributed by atoms with E-state index in [1.165, 1.54) is 18.2 Å². The zero-order valence-corrected chi connectivity index (χ0v) is 17.9. The highest BCUT2D eigenvalue weighted by atomic mass is 32.2. The molecule has 0 aliphatic rings. The van der Waals surface area contributed by atoms with Gasteiger partial charge in [-0.1, -0.05) is 66.2 Å². The average Bonchev–Trinajstić information content (AvgIpc) is 2.79. The van der Waals surface area contributed by atoms with Crippen LogP contribution in [0.1, 0.15) is 11.1 Å². The van der Waals surface area contributed by atoms with Crippen molar-refractivity contribution >= 4 is 21.3 Å². The van der Waals surface area contributed by atoms with Crippen molar-refractivity contribution in [3.05, 3.63) is 108 Å². The number of rotatable bonds is 8. The molecule has 31 heavy (non-hydrogen) atoms. The molecule has 0 aliphatic carbocycles. The maximum absolute atomic E-state index is 12.4. The number of amides is 1. The number of carbonyl (C=O) groups excluding carboxylic acids is 1. The van der Waals surface area contributed by atoms with Gasteiger partial charge in [-0.05, 0) is 36.8 Å². The molecule has 0 spiro atoms. The molecule has 0 unspecified atom stereocenters. The smallest absolute Gasteiger partial charge is 0.252 e. The standard InChI is InChI=1S/C25H23NO4S/c1-20-12-15-24(16-13-20)31(28,29)19-26-25(27)17-14-22(21-8-4-2-5-9-21)18-30-23-10-6-3-7-11-23/h2-13,15-17H,18-19H2,1H3,(H,26,27). The Morgan fingerprint density at radius 2 is 1.55 bits per heavy atom. The monoisotopic (exact) mass is 433 g/mol. The van der Waals surface area contributed by atoms with Crippen LogP contribution in [0.25, 0.3) is 5.57 Å². The SMILES string of the molecule is Cc1ccc(S(=O)(=O)CNC(=O)C=C=C(COc2ccccc2)c2ccccc2)cc1. The molecule has 0 fully saturated rings. The minimum atomic E-state index is -3.62. The van der Waals surface area contributed by atoms with Gasteiger partial charge >= 0.3 is 0 Å². The van der Waals surface area contributed by atoms with Crippen molar-refractivity contribution < 1.29 is 17.9 Å². The van der Waals surface area contributed by atoms with Gasteiger partial charge < -0.3 is 10.1 Å². The topological polar surface area (TPSA) is 72.5 Å². The van der Waals surface area contributed by atoms with Crippen molar-refractivity contribution in [2.45, 2.75) is 11.8 Å². The van der Waals surface area contributed by atoms with Gasteiger partial charge in [0.1, 0.15) is 18.2 Å². The second kappa shape index (κ2) is 10.4. The Morgan fingerprint density at radius 3 is 2.19 bits per heavy atom. The fourth-order valence-corrected chi connectivity index (χ4v) is 3.77. The molecule has 0 saturated carbocycles. The molecule has 0 heterocycles. The normalized spacial score (nSPS) is 10.6. The lowest BCUT2D eigenvalue weighted by Gasteiger charge is -2.08. The molecule has 3 rings (SSSR count). The summed E-state index contributed by atoms with van der Waals surface area (Å²) in [5, 5.41) is 2.42. The lowest BCUT2D eigenvalue weighted by atomic mass is 10.1. The molecule has 0 atom stereocenters. The highest BCUT2D eigenvalue weighted by Crippen LogP contribution is 2.16. The number of nitrogens with one attached hydrogen (secondary N) is 1. The first-order chi connectivity index (χ1) is 14.9. The van der Waals surface area contributed by atoms with Gasteiger partial charge in [0.2, 0.25) is 0 Å². The summed E-state index contributed by atoms with van der Waals surface area (Å²) in [7, 11) is -3.62. The third-order valence-electron chi connectivity index (χ3n) is 4.44. The number of hydrogen-bond donors (Lipinski definition) is 1. The van der Waals surface area contributed by atoms with Gasteiger partial charge in [-0.25, -0.2) is 8.42 Å². The molecule has 3 aromatic rings. The molecular weight excluding hydrogens is 410 g/mol. The molecule has 0 saturated heterocycles. The summed E-state index contributed by atoms with van der Waals surface area (Å²) in [6.07, 6.45) is 1.20. The third kappa shape index (κ3) is 6.71. The van der Waals surface area contributed by atoms with Crippen molar-refractivity contribution in [2.24, 2.45) is 0 Å². The second-order valence-corrected chi connectivity index (χ2v) is 8.84. The van der Waals surface area contributed by atoms with E-state index in [2.05, 4.69) is 11.0 Å². The molecule has 6 heteroatoms. The van der Waals surface area contributed by atoms with Gasteiger partial charge in [-0.15, -0.1) is 5.73 Å². The second-order valence-electron chi connectivity index (χ2n) is 6.85. The first kappa shape index (κ1) is 22.1. The lowest BCUT2D eigenvalue weighted by Crippen LogP contribution is -2.28. The predicted octanol–water partition coefficient (Wildman–Crippen LogP) is 4.16. The first-order valence-corrected chi connectivity index (χ1v) is 11.4. The summed E-state index contributed by atoms with van der Waals surface area (Å²) < 4.78 is 30.6. The minimum Gasteiger partial charge on any atom is -0.488 e. The van der Waals surface area contributed by atoms with E-state index in [0.29, 0.717) is 11.3 Å². The molecule has 1 amide bonds. The van der Waals surface area contributed by atoms with E-state index < -0.39 is 21.6 Å². The van der Waals surface area contributed by atoms with Gasteiger partial charge in [-0.2, -0.15) is 0 Å². The molecule has 0 aliphatic heterocycles. The van der Waals surface area contributed by atoms with Crippen molar-refractivity contribution in [3.8, 4) is 5.75 Å². The van der Waals surface area contributed by atoms with E-state index in [0.717, 1.165) is 11.1 Å². The van der Waals surface area contributed by atoms with Crippen LogP contribution in [0, 0.1) is 6.92 Å². The van der Waals surface area contributed by atoms with Crippen LogP contribution in [0.2, 0.25) is 0 Å². The molecule has 158 valence electrons. The van der Waals surface area contributed by atoms with Gasteiger partial charge in [0.25, 0.3) is 5.91 Å². The fourth-order valence-electron chi connectivity index (χ4n) is 2.72. The number of benzene rings is 3. The van der Waals surface area contributed by atoms with E-state index in [4.69, 9.17) is 4.74 Å². The molecule has 5 nitrogen and oxygen atoms in total. The van der Waals surface area contributed by atoms with Gasteiger partial charge in [0.05, 0.1) is 4.90 Å². The van der Waals surface area contributed by atoms with Gasteiger partial charge in [-0.3, -0.25) is 4.79 Å². The predicted molar refractivity (Wildman–Crippen MR) is 121 cm³/mol. The van der Waals surface area contributed by atoms with Gasteiger partial charge in [0, 0.05) is 11.6 Å². The number of sulfone groups is 1. The van der Waals surface area contributed by atoms with E-state index in [9.17, 15) is 13.2 Å². The Balaban J connectivity index is 1.72. The highest BCUT2D eigenvalue weighted by Gasteiger charge is 2.14. The largest absolute Gasteiger partial charge is 0.488 e. The Kier molecular flexibility index (Phi) is 7.44. The van der Waals surface area contributed by atoms with E-state index in [1.54, 1.807) is 12.1 Å². The highest BCUT2D eigenvalue weighted by molar-refractivity contribution is 7.91. The zero-order valence-electron chi connectivity index (χ0n) is 17.1. The lowest BCUT2D eigenvalue weighted by molar-refractivity contribution is -0.116. The Bertz CT molecular complexity index is 1180. The van der Waals surface area contributed by atoms with Crippen LogP contribution in [0.4, 0.5) is 0 Å². The summed E-state index contributed by atoms with van der Waals surface area (Å²) >= 11 is 0. The molecule has 0 bridgehead atoms. The summed E-state index contributed by atoms with van der Waals surface area (Å²) in [5.74, 6) is -0.343. The van der Waals surface area contributed by atoms with E-state index >= 15 is 0 Å². The Morgan fingerprint density at radius 1 is 0.935 bits per heavy atom. The first-order valence-electron chi connectivity index (χ1n) is 9.70. The van der Waals surface area contributed by atoms with Gasteiger partial charge in [0.15, 0.2) is 9.84 Å². The molecule has 1 N–H and O–H groups in total. The van der Waals surface area contributed by atoms with Crippen molar-refractivity contribution in [1.82, 2.24) is 5.32 Å². The summed E-state index contributed by atoms with van der Waals surface area (Å²) in [5.41, 5.74) is 5.43. The third-order valence-corrected chi connectivity index (χ3v) is 5.96. The minimum absolute atomic E-state index is 0.166.